The molecule has 4 aromatic rings. The van der Waals surface area contributed by atoms with E-state index in [1.165, 1.54) is 69.9 Å². The molecule has 0 fully saturated rings. The van der Waals surface area contributed by atoms with Gasteiger partial charge in [0, 0.05) is 17.4 Å². The molecule has 0 bridgehead atoms. The second-order valence-electron chi connectivity index (χ2n) is 9.27. The molecule has 0 spiro atoms. The van der Waals surface area contributed by atoms with Gasteiger partial charge in [-0.05, 0) is 79.7 Å². The Hall–Kier alpha value is -4.75. The molecule has 11 nitrogen and oxygen atoms in total. The van der Waals surface area contributed by atoms with Gasteiger partial charge in [-0.15, -0.1) is 0 Å². The Morgan fingerprint density at radius 1 is 0.698 bits per heavy atom. The van der Waals surface area contributed by atoms with Gasteiger partial charge in [0.2, 0.25) is 5.91 Å². The Balaban J connectivity index is 1.56. The SMILES string of the molecule is COc1ccc(NS(=O)(=O)c2ccc(NC(=O)CN(c3ccc(OC)c(OC)c3)S(=O)(=O)c3ccc(C)cc3)cc2)cc1. The molecule has 4 rings (SSSR count). The largest absolute Gasteiger partial charge is 0.497 e. The predicted octanol–water partition coefficient (Wildman–Crippen LogP) is 4.66. The van der Waals surface area contributed by atoms with Crippen LogP contribution in [0.1, 0.15) is 5.56 Å². The van der Waals surface area contributed by atoms with Crippen molar-refractivity contribution in [1.29, 1.82) is 0 Å². The fraction of sp³-hybridized carbons (Fsp3) is 0.167. The van der Waals surface area contributed by atoms with Gasteiger partial charge in [-0.3, -0.25) is 13.8 Å². The van der Waals surface area contributed by atoms with Crippen molar-refractivity contribution in [3.8, 4) is 17.2 Å². The maximum Gasteiger partial charge on any atom is 0.264 e. The van der Waals surface area contributed by atoms with Gasteiger partial charge in [0.1, 0.15) is 12.3 Å². The number of anilines is 3. The highest BCUT2D eigenvalue weighted by atomic mass is 32.2. The number of hydrogen-bond donors (Lipinski definition) is 2. The number of benzene rings is 4. The second kappa shape index (κ2) is 13.0. The van der Waals surface area contributed by atoms with Gasteiger partial charge in [-0.2, -0.15) is 0 Å². The van der Waals surface area contributed by atoms with E-state index in [9.17, 15) is 21.6 Å². The second-order valence-corrected chi connectivity index (χ2v) is 12.8. The number of rotatable bonds is 12. The van der Waals surface area contributed by atoms with Crippen LogP contribution < -0.4 is 28.6 Å². The quantitative estimate of drug-likeness (QED) is 0.232. The number of amides is 1. The van der Waals surface area contributed by atoms with E-state index in [-0.39, 0.29) is 26.9 Å². The lowest BCUT2D eigenvalue weighted by Gasteiger charge is -2.25. The van der Waals surface area contributed by atoms with E-state index in [1.54, 1.807) is 42.5 Å². The highest BCUT2D eigenvalue weighted by Gasteiger charge is 2.28. The number of aryl methyl sites for hydroxylation is 1. The normalized spacial score (nSPS) is 11.3. The molecule has 0 aliphatic heterocycles. The van der Waals surface area contributed by atoms with Crippen LogP contribution in [-0.4, -0.2) is 50.6 Å². The first kappa shape index (κ1) is 31.2. The van der Waals surface area contributed by atoms with Crippen LogP contribution in [0.5, 0.6) is 17.2 Å². The minimum absolute atomic E-state index is 0.000366. The Morgan fingerprint density at radius 3 is 1.86 bits per heavy atom. The van der Waals surface area contributed by atoms with Crippen molar-refractivity contribution in [1.82, 2.24) is 0 Å². The molecule has 0 atom stereocenters. The number of hydrogen-bond acceptors (Lipinski definition) is 8. The molecular formula is C30H31N3O8S2. The summed E-state index contributed by atoms with van der Waals surface area (Å²) >= 11 is 0. The third kappa shape index (κ3) is 7.37. The fourth-order valence-electron chi connectivity index (χ4n) is 4.05. The number of carbonyl (C=O) groups excluding carboxylic acids is 1. The number of carbonyl (C=O) groups is 1. The lowest BCUT2D eigenvalue weighted by Crippen LogP contribution is -2.38. The number of methoxy groups -OCH3 is 3. The van der Waals surface area contributed by atoms with Crippen molar-refractivity contribution in [2.24, 2.45) is 0 Å². The van der Waals surface area contributed by atoms with E-state index in [0.717, 1.165) is 9.87 Å². The summed E-state index contributed by atoms with van der Waals surface area (Å²) in [7, 11) is -3.71. The first-order chi connectivity index (χ1) is 20.5. The van der Waals surface area contributed by atoms with Gasteiger partial charge in [0.15, 0.2) is 11.5 Å². The average Bonchev–Trinajstić information content (AvgIpc) is 3.00. The highest BCUT2D eigenvalue weighted by molar-refractivity contribution is 7.93. The zero-order chi connectivity index (χ0) is 31.2. The minimum atomic E-state index is -4.18. The van der Waals surface area contributed by atoms with E-state index in [0.29, 0.717) is 17.2 Å². The third-order valence-electron chi connectivity index (χ3n) is 6.34. The Bertz CT molecular complexity index is 1790. The molecule has 0 saturated heterocycles. The summed E-state index contributed by atoms with van der Waals surface area (Å²) in [6, 6.07) is 22.7. The van der Waals surface area contributed by atoms with Gasteiger partial charge >= 0.3 is 0 Å². The first-order valence-corrected chi connectivity index (χ1v) is 15.8. The lowest BCUT2D eigenvalue weighted by atomic mass is 10.2. The summed E-state index contributed by atoms with van der Waals surface area (Å²) in [5.74, 6) is 0.598. The molecule has 13 heteroatoms. The molecule has 226 valence electrons. The van der Waals surface area contributed by atoms with Crippen molar-refractivity contribution in [3.05, 3.63) is 96.6 Å². The average molecular weight is 626 g/mol. The molecule has 0 aliphatic carbocycles. The molecule has 0 radical (unpaired) electrons. The van der Waals surface area contributed by atoms with Gasteiger partial charge in [-0.1, -0.05) is 17.7 Å². The number of sulfonamides is 2. The zero-order valence-electron chi connectivity index (χ0n) is 23.9. The Morgan fingerprint density at radius 2 is 1.28 bits per heavy atom. The van der Waals surface area contributed by atoms with Crippen molar-refractivity contribution >= 4 is 43.0 Å². The monoisotopic (exact) mass is 625 g/mol. The summed E-state index contributed by atoms with van der Waals surface area (Å²) in [5, 5.41) is 2.64. The number of nitrogens with zero attached hydrogens (tertiary/aromatic N) is 1. The molecule has 1 amide bonds. The van der Waals surface area contributed by atoms with Crippen LogP contribution in [0, 0.1) is 6.92 Å². The van der Waals surface area contributed by atoms with Crippen molar-refractivity contribution < 1.29 is 35.8 Å². The fourth-order valence-corrected chi connectivity index (χ4v) is 6.53. The first-order valence-electron chi connectivity index (χ1n) is 12.8. The number of ether oxygens (including phenoxy) is 3. The van der Waals surface area contributed by atoms with Crippen LogP contribution in [-0.2, 0) is 24.8 Å². The summed E-state index contributed by atoms with van der Waals surface area (Å²) in [4.78, 5) is 13.1. The molecule has 4 aromatic carbocycles. The van der Waals surface area contributed by atoms with E-state index in [2.05, 4.69) is 10.0 Å². The van der Waals surface area contributed by atoms with Crippen molar-refractivity contribution in [2.75, 3.05) is 42.2 Å². The van der Waals surface area contributed by atoms with Gasteiger partial charge in [0.25, 0.3) is 20.0 Å². The molecule has 2 N–H and O–H groups in total. The van der Waals surface area contributed by atoms with Gasteiger partial charge in [-0.25, -0.2) is 16.8 Å². The van der Waals surface area contributed by atoms with Crippen LogP contribution in [0.25, 0.3) is 0 Å². The van der Waals surface area contributed by atoms with Crippen molar-refractivity contribution in [3.63, 3.8) is 0 Å². The van der Waals surface area contributed by atoms with Gasteiger partial charge in [0.05, 0.1) is 36.8 Å². The smallest absolute Gasteiger partial charge is 0.264 e. The Kier molecular flexibility index (Phi) is 9.46. The predicted molar refractivity (Wildman–Crippen MR) is 164 cm³/mol. The standard InChI is InChI=1S/C30H31N3O8S2/c1-21-5-14-27(15-6-21)43(37,38)33(24-11-18-28(40-3)29(19-24)41-4)20-30(34)31-22-9-16-26(17-10-22)42(35,36)32-23-7-12-25(39-2)13-8-23/h5-19,32H,20H2,1-4H3,(H,31,34). The molecule has 0 unspecified atom stereocenters. The summed E-state index contributed by atoms with van der Waals surface area (Å²) < 4.78 is 72.2. The summed E-state index contributed by atoms with van der Waals surface area (Å²) in [5.41, 5.74) is 1.68. The van der Waals surface area contributed by atoms with Crippen LogP contribution >= 0.6 is 0 Å². The topological polar surface area (TPSA) is 140 Å². The highest BCUT2D eigenvalue weighted by Crippen LogP contribution is 2.34. The summed E-state index contributed by atoms with van der Waals surface area (Å²) in [6.45, 7) is 1.26. The number of nitrogens with one attached hydrogen (secondary N) is 2. The van der Waals surface area contributed by atoms with Crippen LogP contribution in [0.15, 0.2) is 101 Å². The molecule has 0 aliphatic rings. The van der Waals surface area contributed by atoms with E-state index >= 15 is 0 Å². The van der Waals surface area contributed by atoms with E-state index in [4.69, 9.17) is 14.2 Å². The molecule has 43 heavy (non-hydrogen) atoms. The maximum atomic E-state index is 13.7. The maximum absolute atomic E-state index is 13.7. The molecule has 0 heterocycles. The third-order valence-corrected chi connectivity index (χ3v) is 9.53. The van der Waals surface area contributed by atoms with Crippen molar-refractivity contribution in [2.45, 2.75) is 16.7 Å². The van der Waals surface area contributed by atoms with E-state index in [1.807, 2.05) is 6.92 Å². The van der Waals surface area contributed by atoms with Crippen LogP contribution in [0.3, 0.4) is 0 Å². The lowest BCUT2D eigenvalue weighted by molar-refractivity contribution is -0.114. The zero-order valence-corrected chi connectivity index (χ0v) is 25.5. The Labute approximate surface area is 251 Å². The summed E-state index contributed by atoms with van der Waals surface area (Å²) in [6.07, 6.45) is 0. The van der Waals surface area contributed by atoms with Crippen LogP contribution in [0.2, 0.25) is 0 Å². The molecule has 0 saturated carbocycles. The minimum Gasteiger partial charge on any atom is -0.497 e. The molecular weight excluding hydrogens is 594 g/mol. The van der Waals surface area contributed by atoms with Gasteiger partial charge < -0.3 is 19.5 Å². The molecule has 0 aromatic heterocycles. The van der Waals surface area contributed by atoms with Crippen LogP contribution in [0.4, 0.5) is 17.1 Å². The van der Waals surface area contributed by atoms with E-state index < -0.39 is 32.5 Å².